The lowest BCUT2D eigenvalue weighted by atomic mass is 10.0. The summed E-state index contributed by atoms with van der Waals surface area (Å²) in [6, 6.07) is 6.31. The Morgan fingerprint density at radius 2 is 2.04 bits per heavy atom. The van der Waals surface area contributed by atoms with Crippen LogP contribution in [-0.2, 0) is 16.0 Å². The first-order valence-corrected chi connectivity index (χ1v) is 8.01. The second-order valence-electron chi connectivity index (χ2n) is 6.49. The van der Waals surface area contributed by atoms with E-state index in [0.29, 0.717) is 0 Å². The third-order valence-corrected chi connectivity index (χ3v) is 2.96. The molecule has 0 fully saturated rings. The van der Waals surface area contributed by atoms with Crippen molar-refractivity contribution in [1.82, 2.24) is 5.32 Å². The molecule has 0 heterocycles. The highest BCUT2D eigenvalue weighted by molar-refractivity contribution is 5.80. The minimum absolute atomic E-state index is 0.165. The number of carboxylic acids is 1. The van der Waals surface area contributed by atoms with E-state index in [1.807, 2.05) is 24.3 Å². The van der Waals surface area contributed by atoms with Crippen LogP contribution >= 0.6 is 0 Å². The Morgan fingerprint density at radius 1 is 1.33 bits per heavy atom. The van der Waals surface area contributed by atoms with Gasteiger partial charge in [-0.3, -0.25) is 0 Å². The smallest absolute Gasteiger partial charge is 0.408 e. The first-order chi connectivity index (χ1) is 11.2. The number of benzene rings is 1. The first-order valence-electron chi connectivity index (χ1n) is 8.01. The summed E-state index contributed by atoms with van der Waals surface area (Å²) in [5, 5.41) is 11.7. The number of ether oxygens (including phenoxy) is 1. The third kappa shape index (κ3) is 7.68. The lowest BCUT2D eigenvalue weighted by Crippen LogP contribution is -2.44. The standard InChI is InChI=1S/C19H25NO4/c1-5-6-7-9-14-10-8-11-15(12-14)13-16(17(21)22)20-18(23)24-19(2,3)4/h8,10-12,16H,5-6,13H2,1-4H3,(H,20,23)(H,21,22). The van der Waals surface area contributed by atoms with Gasteiger partial charge in [-0.1, -0.05) is 30.9 Å². The number of hydrogen-bond acceptors (Lipinski definition) is 3. The van der Waals surface area contributed by atoms with E-state index in [-0.39, 0.29) is 6.42 Å². The van der Waals surface area contributed by atoms with Crippen LogP contribution in [0.4, 0.5) is 4.79 Å². The molecule has 0 aromatic heterocycles. The highest BCUT2D eigenvalue weighted by atomic mass is 16.6. The summed E-state index contributed by atoms with van der Waals surface area (Å²) in [4.78, 5) is 23.2. The van der Waals surface area contributed by atoms with Gasteiger partial charge in [0.15, 0.2) is 0 Å². The summed E-state index contributed by atoms with van der Waals surface area (Å²) >= 11 is 0. The van der Waals surface area contributed by atoms with Crippen LogP contribution in [0.25, 0.3) is 0 Å². The van der Waals surface area contributed by atoms with Gasteiger partial charge in [0.1, 0.15) is 11.6 Å². The average Bonchev–Trinajstić information content (AvgIpc) is 2.45. The molecule has 0 spiro atoms. The van der Waals surface area contributed by atoms with Gasteiger partial charge in [0.05, 0.1) is 0 Å². The van der Waals surface area contributed by atoms with Gasteiger partial charge in [-0.2, -0.15) is 0 Å². The van der Waals surface area contributed by atoms with Gasteiger partial charge in [0.2, 0.25) is 0 Å². The van der Waals surface area contributed by atoms with E-state index >= 15 is 0 Å². The van der Waals surface area contributed by atoms with Crippen molar-refractivity contribution in [3.63, 3.8) is 0 Å². The van der Waals surface area contributed by atoms with Crippen LogP contribution in [0.5, 0.6) is 0 Å². The van der Waals surface area contributed by atoms with Crippen molar-refractivity contribution in [2.45, 2.75) is 58.6 Å². The zero-order valence-corrected chi connectivity index (χ0v) is 14.7. The topological polar surface area (TPSA) is 75.6 Å². The van der Waals surface area contributed by atoms with E-state index in [2.05, 4.69) is 24.1 Å². The Balaban J connectivity index is 2.79. The molecule has 5 heteroatoms. The third-order valence-electron chi connectivity index (χ3n) is 2.96. The van der Waals surface area contributed by atoms with Gasteiger partial charge in [0.25, 0.3) is 0 Å². The molecular weight excluding hydrogens is 306 g/mol. The van der Waals surface area contributed by atoms with Gasteiger partial charge >= 0.3 is 12.1 Å². The van der Waals surface area contributed by atoms with Gasteiger partial charge in [-0.05, 0) is 44.9 Å². The Labute approximate surface area is 143 Å². The molecular formula is C19H25NO4. The van der Waals surface area contributed by atoms with Gasteiger partial charge in [0, 0.05) is 18.4 Å². The number of carbonyl (C=O) groups is 2. The van der Waals surface area contributed by atoms with Crippen molar-refractivity contribution in [3.05, 3.63) is 35.4 Å². The number of unbranched alkanes of at least 4 members (excludes halogenated alkanes) is 1. The van der Waals surface area contributed by atoms with Crippen LogP contribution in [0.3, 0.4) is 0 Å². The van der Waals surface area contributed by atoms with E-state index in [9.17, 15) is 14.7 Å². The van der Waals surface area contributed by atoms with E-state index in [1.54, 1.807) is 20.8 Å². The molecule has 1 amide bonds. The largest absolute Gasteiger partial charge is 0.480 e. The minimum Gasteiger partial charge on any atom is -0.480 e. The molecule has 0 aliphatic carbocycles. The lowest BCUT2D eigenvalue weighted by Gasteiger charge is -2.22. The summed E-state index contributed by atoms with van der Waals surface area (Å²) in [6.07, 6.45) is 1.24. The SMILES string of the molecule is CCCC#Cc1cccc(CC(NC(=O)OC(C)(C)C)C(=O)O)c1. The maximum absolute atomic E-state index is 11.8. The normalized spacial score (nSPS) is 11.8. The van der Waals surface area contributed by atoms with E-state index < -0.39 is 23.7 Å². The summed E-state index contributed by atoms with van der Waals surface area (Å²) < 4.78 is 5.11. The molecule has 0 radical (unpaired) electrons. The summed E-state index contributed by atoms with van der Waals surface area (Å²) in [6.45, 7) is 7.23. The second-order valence-corrected chi connectivity index (χ2v) is 6.49. The molecule has 1 atom stereocenters. The Morgan fingerprint density at radius 3 is 2.62 bits per heavy atom. The molecule has 0 saturated carbocycles. The quantitative estimate of drug-likeness (QED) is 0.811. The molecule has 1 aromatic rings. The summed E-state index contributed by atoms with van der Waals surface area (Å²) in [7, 11) is 0. The van der Waals surface area contributed by atoms with Crippen LogP contribution in [0, 0.1) is 11.8 Å². The van der Waals surface area contributed by atoms with Crippen molar-refractivity contribution in [1.29, 1.82) is 0 Å². The fourth-order valence-electron chi connectivity index (χ4n) is 1.95. The molecule has 2 N–H and O–H groups in total. The number of amides is 1. The fourth-order valence-corrected chi connectivity index (χ4v) is 1.95. The fraction of sp³-hybridized carbons (Fsp3) is 0.474. The molecule has 0 saturated heterocycles. The minimum atomic E-state index is -1.11. The monoisotopic (exact) mass is 331 g/mol. The molecule has 0 bridgehead atoms. The first kappa shape index (κ1) is 19.6. The molecule has 0 aliphatic heterocycles. The maximum atomic E-state index is 11.8. The van der Waals surface area contributed by atoms with Crippen LogP contribution in [0.15, 0.2) is 24.3 Å². The number of nitrogens with one attached hydrogen (secondary N) is 1. The molecule has 5 nitrogen and oxygen atoms in total. The number of hydrogen-bond donors (Lipinski definition) is 2. The van der Waals surface area contributed by atoms with Crippen molar-refractivity contribution < 1.29 is 19.4 Å². The number of alkyl carbamates (subject to hydrolysis) is 1. The molecule has 24 heavy (non-hydrogen) atoms. The molecule has 1 aromatic carbocycles. The van der Waals surface area contributed by atoms with Crippen molar-refractivity contribution in [3.8, 4) is 11.8 Å². The van der Waals surface area contributed by atoms with Gasteiger partial charge in [-0.15, -0.1) is 0 Å². The predicted molar refractivity (Wildman–Crippen MR) is 92.7 cm³/mol. The van der Waals surface area contributed by atoms with Crippen LogP contribution < -0.4 is 5.32 Å². The van der Waals surface area contributed by atoms with Gasteiger partial charge in [-0.25, -0.2) is 9.59 Å². The van der Waals surface area contributed by atoms with Gasteiger partial charge < -0.3 is 15.2 Å². The van der Waals surface area contributed by atoms with E-state index in [1.165, 1.54) is 0 Å². The number of aliphatic carboxylic acids is 1. The lowest BCUT2D eigenvalue weighted by molar-refractivity contribution is -0.139. The number of carboxylic acid groups (broad SMARTS) is 1. The van der Waals surface area contributed by atoms with Crippen molar-refractivity contribution in [2.24, 2.45) is 0 Å². The highest BCUT2D eigenvalue weighted by Gasteiger charge is 2.24. The highest BCUT2D eigenvalue weighted by Crippen LogP contribution is 2.10. The van der Waals surface area contributed by atoms with Crippen LogP contribution in [-0.4, -0.2) is 28.8 Å². The predicted octanol–water partition coefficient (Wildman–Crippen LogP) is 3.36. The zero-order valence-electron chi connectivity index (χ0n) is 14.7. The second kappa shape index (κ2) is 8.97. The van der Waals surface area contributed by atoms with Crippen LogP contribution in [0.2, 0.25) is 0 Å². The molecule has 130 valence electrons. The van der Waals surface area contributed by atoms with Crippen molar-refractivity contribution >= 4 is 12.1 Å². The maximum Gasteiger partial charge on any atom is 0.408 e. The molecule has 0 aliphatic rings. The summed E-state index contributed by atoms with van der Waals surface area (Å²) in [5.41, 5.74) is 0.950. The summed E-state index contributed by atoms with van der Waals surface area (Å²) in [5.74, 6) is 5.00. The van der Waals surface area contributed by atoms with E-state index in [4.69, 9.17) is 4.74 Å². The number of carbonyl (C=O) groups excluding carboxylic acids is 1. The van der Waals surface area contributed by atoms with Crippen molar-refractivity contribution in [2.75, 3.05) is 0 Å². The Hall–Kier alpha value is -2.48. The molecule has 1 unspecified atom stereocenters. The number of rotatable bonds is 5. The van der Waals surface area contributed by atoms with Crippen LogP contribution in [0.1, 0.15) is 51.7 Å². The zero-order chi connectivity index (χ0) is 18.2. The Bertz CT molecular complexity index is 635. The average molecular weight is 331 g/mol. The molecule has 1 rings (SSSR count). The van der Waals surface area contributed by atoms with E-state index in [0.717, 1.165) is 24.0 Å². The Kier molecular flexibility index (Phi) is 7.31.